The lowest BCUT2D eigenvalue weighted by atomic mass is 10.0. The second-order valence-electron chi connectivity index (χ2n) is 8.61. The fourth-order valence-electron chi connectivity index (χ4n) is 4.46. The summed E-state index contributed by atoms with van der Waals surface area (Å²) < 4.78 is 21.9. The molecule has 2 amide bonds. The van der Waals surface area contributed by atoms with Crippen molar-refractivity contribution >= 4 is 39.4 Å². The van der Waals surface area contributed by atoms with Crippen molar-refractivity contribution in [3.8, 4) is 5.75 Å². The fraction of sp³-hybridized carbons (Fsp3) is 0.296. The summed E-state index contributed by atoms with van der Waals surface area (Å²) in [6, 6.07) is 12.4. The fourth-order valence-corrected chi connectivity index (χ4v) is 4.46. The van der Waals surface area contributed by atoms with Crippen LogP contribution in [-0.2, 0) is 16.0 Å². The van der Waals surface area contributed by atoms with Crippen molar-refractivity contribution < 1.29 is 27.9 Å². The number of nitrogens with one attached hydrogen (secondary N) is 1. The third-order valence-corrected chi connectivity index (χ3v) is 6.45. The van der Waals surface area contributed by atoms with E-state index < -0.39 is 5.63 Å². The smallest absolute Gasteiger partial charge is 0.339 e. The molecule has 0 aliphatic carbocycles. The third kappa shape index (κ3) is 4.45. The number of rotatable bonds is 6. The Hall–Kier alpha value is -4.11. The molecular formula is C27H26N2O7. The SMILES string of the molecule is COc1ccc2c(C)c(CCC(=O)Nc3c(C(=O)N4CCOCC4)oc4ccccc34)c(=O)oc2c1. The second kappa shape index (κ2) is 9.87. The van der Waals surface area contributed by atoms with Gasteiger partial charge in [0.15, 0.2) is 0 Å². The number of fused-ring (bicyclic) bond motifs is 2. The van der Waals surface area contributed by atoms with E-state index >= 15 is 0 Å². The zero-order valence-electron chi connectivity index (χ0n) is 20.1. The van der Waals surface area contributed by atoms with Gasteiger partial charge in [-0.2, -0.15) is 0 Å². The molecule has 0 spiro atoms. The van der Waals surface area contributed by atoms with Crippen LogP contribution in [0, 0.1) is 6.92 Å². The Kier molecular flexibility index (Phi) is 6.47. The molecule has 2 aromatic carbocycles. The molecule has 1 aliphatic rings. The van der Waals surface area contributed by atoms with Crippen molar-refractivity contribution in [3.05, 3.63) is 69.8 Å². The topological polar surface area (TPSA) is 111 Å². The van der Waals surface area contributed by atoms with Crippen molar-refractivity contribution in [2.24, 2.45) is 0 Å². The maximum Gasteiger partial charge on any atom is 0.339 e. The lowest BCUT2D eigenvalue weighted by molar-refractivity contribution is -0.116. The summed E-state index contributed by atoms with van der Waals surface area (Å²) in [5.74, 6) is 0.0335. The number of hydrogen-bond donors (Lipinski definition) is 1. The molecule has 1 N–H and O–H groups in total. The van der Waals surface area contributed by atoms with Gasteiger partial charge >= 0.3 is 5.63 Å². The molecule has 0 radical (unpaired) electrons. The van der Waals surface area contributed by atoms with Crippen LogP contribution in [0.3, 0.4) is 0 Å². The zero-order chi connectivity index (χ0) is 25.2. The molecule has 0 atom stereocenters. The number of anilines is 1. The number of hydrogen-bond acceptors (Lipinski definition) is 7. The average Bonchev–Trinajstić information content (AvgIpc) is 3.26. The Morgan fingerprint density at radius 3 is 2.58 bits per heavy atom. The van der Waals surface area contributed by atoms with Crippen molar-refractivity contribution in [1.29, 1.82) is 0 Å². The first kappa shape index (κ1) is 23.6. The van der Waals surface area contributed by atoms with E-state index in [1.807, 2.05) is 19.1 Å². The number of amides is 2. The van der Waals surface area contributed by atoms with Gasteiger partial charge in [0.1, 0.15) is 22.6 Å². The van der Waals surface area contributed by atoms with Crippen LogP contribution in [0.25, 0.3) is 21.9 Å². The predicted molar refractivity (Wildman–Crippen MR) is 134 cm³/mol. The average molecular weight is 491 g/mol. The summed E-state index contributed by atoms with van der Waals surface area (Å²) in [5.41, 5.74) is 1.98. The molecule has 9 heteroatoms. The van der Waals surface area contributed by atoms with Crippen LogP contribution in [0.4, 0.5) is 5.69 Å². The highest BCUT2D eigenvalue weighted by Crippen LogP contribution is 2.32. The normalized spacial score (nSPS) is 13.8. The molecule has 9 nitrogen and oxygen atoms in total. The first-order valence-electron chi connectivity index (χ1n) is 11.7. The van der Waals surface area contributed by atoms with Crippen LogP contribution < -0.4 is 15.7 Å². The molecule has 5 rings (SSSR count). The van der Waals surface area contributed by atoms with E-state index in [0.717, 1.165) is 10.9 Å². The van der Waals surface area contributed by atoms with Crippen molar-refractivity contribution in [2.75, 3.05) is 38.7 Å². The molecule has 0 bridgehead atoms. The van der Waals surface area contributed by atoms with Gasteiger partial charge in [-0.15, -0.1) is 0 Å². The first-order valence-corrected chi connectivity index (χ1v) is 11.7. The number of furan rings is 1. The summed E-state index contributed by atoms with van der Waals surface area (Å²) in [5, 5.41) is 4.27. The number of ether oxygens (including phenoxy) is 2. The summed E-state index contributed by atoms with van der Waals surface area (Å²) in [6.07, 6.45) is 0.211. The molecule has 1 aliphatic heterocycles. The van der Waals surface area contributed by atoms with Crippen molar-refractivity contribution in [3.63, 3.8) is 0 Å². The molecule has 2 aromatic heterocycles. The van der Waals surface area contributed by atoms with E-state index in [1.54, 1.807) is 42.3 Å². The molecule has 4 aromatic rings. The Balaban J connectivity index is 1.38. The van der Waals surface area contributed by atoms with Crippen LogP contribution in [0.2, 0.25) is 0 Å². The molecule has 1 saturated heterocycles. The second-order valence-corrected chi connectivity index (χ2v) is 8.61. The maximum absolute atomic E-state index is 13.2. The predicted octanol–water partition coefficient (Wildman–Crippen LogP) is 3.90. The third-order valence-electron chi connectivity index (χ3n) is 6.45. The number of morpholine rings is 1. The van der Waals surface area contributed by atoms with Crippen LogP contribution in [0.5, 0.6) is 5.75 Å². The molecular weight excluding hydrogens is 464 g/mol. The maximum atomic E-state index is 13.2. The molecule has 0 unspecified atom stereocenters. The lowest BCUT2D eigenvalue weighted by Crippen LogP contribution is -2.40. The number of benzene rings is 2. The van der Waals surface area contributed by atoms with Gasteiger partial charge in [0.2, 0.25) is 11.7 Å². The summed E-state index contributed by atoms with van der Waals surface area (Å²) in [7, 11) is 1.54. The zero-order valence-corrected chi connectivity index (χ0v) is 20.1. The van der Waals surface area contributed by atoms with Gasteiger partial charge < -0.3 is 28.5 Å². The molecule has 1 fully saturated rings. The minimum absolute atomic E-state index is 0.0257. The van der Waals surface area contributed by atoms with E-state index in [9.17, 15) is 14.4 Å². The van der Waals surface area contributed by atoms with Crippen LogP contribution in [0.1, 0.15) is 28.1 Å². The van der Waals surface area contributed by atoms with Crippen LogP contribution in [-0.4, -0.2) is 50.1 Å². The molecule has 3 heterocycles. The standard InChI is InChI=1S/C27H26N2O7/c1-16-18-8-7-17(33-2)15-22(18)36-27(32)19(16)9-10-23(30)28-24-20-5-3-4-6-21(20)35-25(24)26(31)29-11-13-34-14-12-29/h3-8,15H,9-14H2,1-2H3,(H,28,30). The largest absolute Gasteiger partial charge is 0.497 e. The lowest BCUT2D eigenvalue weighted by Gasteiger charge is -2.26. The van der Waals surface area contributed by atoms with Gasteiger partial charge in [0.25, 0.3) is 5.91 Å². The quantitative estimate of drug-likeness (QED) is 0.408. The molecule has 186 valence electrons. The van der Waals surface area contributed by atoms with E-state index in [1.165, 1.54) is 0 Å². The number of aryl methyl sites for hydroxylation is 1. The summed E-state index contributed by atoms with van der Waals surface area (Å²) in [6.45, 7) is 3.64. The summed E-state index contributed by atoms with van der Waals surface area (Å²) >= 11 is 0. The number of para-hydroxylation sites is 1. The monoisotopic (exact) mass is 490 g/mol. The Bertz CT molecular complexity index is 1510. The number of carbonyl (C=O) groups is 2. The van der Waals surface area contributed by atoms with E-state index in [0.29, 0.717) is 59.9 Å². The van der Waals surface area contributed by atoms with Crippen molar-refractivity contribution in [2.45, 2.75) is 19.8 Å². The highest BCUT2D eigenvalue weighted by molar-refractivity contribution is 6.10. The van der Waals surface area contributed by atoms with E-state index in [-0.39, 0.29) is 30.4 Å². The first-order chi connectivity index (χ1) is 17.5. The highest BCUT2D eigenvalue weighted by Gasteiger charge is 2.27. The number of carbonyl (C=O) groups excluding carboxylic acids is 2. The minimum atomic E-state index is -0.488. The molecule has 0 saturated carbocycles. The number of methoxy groups -OCH3 is 1. The Morgan fingerprint density at radius 2 is 1.81 bits per heavy atom. The van der Waals surface area contributed by atoms with Gasteiger partial charge in [-0.25, -0.2) is 4.79 Å². The van der Waals surface area contributed by atoms with Crippen molar-refractivity contribution in [1.82, 2.24) is 4.90 Å². The van der Waals surface area contributed by atoms with E-state index in [4.69, 9.17) is 18.3 Å². The Morgan fingerprint density at radius 1 is 1.03 bits per heavy atom. The van der Waals surface area contributed by atoms with Gasteiger partial charge in [0, 0.05) is 41.9 Å². The Labute approximate surface area is 206 Å². The van der Waals surface area contributed by atoms with Gasteiger partial charge in [-0.05, 0) is 43.2 Å². The van der Waals surface area contributed by atoms with Gasteiger partial charge in [-0.1, -0.05) is 12.1 Å². The summed E-state index contributed by atoms with van der Waals surface area (Å²) in [4.78, 5) is 40.5. The van der Waals surface area contributed by atoms with Gasteiger partial charge in [0.05, 0.1) is 20.3 Å². The highest BCUT2D eigenvalue weighted by atomic mass is 16.5. The number of nitrogens with zero attached hydrogens (tertiary/aromatic N) is 1. The van der Waals surface area contributed by atoms with E-state index in [2.05, 4.69) is 5.32 Å². The van der Waals surface area contributed by atoms with Crippen LogP contribution in [0.15, 0.2) is 56.1 Å². The molecule has 36 heavy (non-hydrogen) atoms. The van der Waals surface area contributed by atoms with Gasteiger partial charge in [-0.3, -0.25) is 9.59 Å². The van der Waals surface area contributed by atoms with Crippen LogP contribution >= 0.6 is 0 Å². The minimum Gasteiger partial charge on any atom is -0.497 e.